The normalized spacial score (nSPS) is 24.6. The number of hydrogen-bond donors (Lipinski definition) is 0. The Morgan fingerprint density at radius 2 is 1.75 bits per heavy atom. The van der Waals surface area contributed by atoms with Gasteiger partial charge in [0.1, 0.15) is 6.61 Å². The molecule has 2 rings (SSSR count). The maximum atomic E-state index is 11.5. The molecule has 0 bridgehead atoms. The van der Waals surface area contributed by atoms with Gasteiger partial charge in [-0.15, -0.1) is 0 Å². The van der Waals surface area contributed by atoms with Crippen molar-refractivity contribution in [1.29, 1.82) is 0 Å². The molecule has 1 aliphatic carbocycles. The summed E-state index contributed by atoms with van der Waals surface area (Å²) >= 11 is 0. The highest BCUT2D eigenvalue weighted by molar-refractivity contribution is 5.60. The number of epoxide rings is 1. The Kier molecular flexibility index (Phi) is 8.33. The van der Waals surface area contributed by atoms with Gasteiger partial charge in [0.25, 0.3) is 0 Å². The third-order valence-electron chi connectivity index (χ3n) is 4.68. The lowest BCUT2D eigenvalue weighted by atomic mass is 10.1. The first kappa shape index (κ1) is 19.5. The fraction of sp³-hybridized carbons (Fsp3) is 0.947. The van der Waals surface area contributed by atoms with Gasteiger partial charge in [0.15, 0.2) is 0 Å². The van der Waals surface area contributed by atoms with Crippen molar-refractivity contribution < 1.29 is 23.7 Å². The van der Waals surface area contributed by atoms with Crippen LogP contribution in [0.2, 0.25) is 0 Å². The van der Waals surface area contributed by atoms with E-state index in [2.05, 4.69) is 0 Å². The van der Waals surface area contributed by atoms with E-state index in [0.717, 1.165) is 38.7 Å². The Morgan fingerprint density at radius 3 is 2.38 bits per heavy atom. The lowest BCUT2D eigenvalue weighted by Gasteiger charge is -2.15. The fourth-order valence-corrected chi connectivity index (χ4v) is 3.21. The maximum Gasteiger partial charge on any atom is 0.511 e. The highest BCUT2D eigenvalue weighted by Gasteiger charge is 2.49. The van der Waals surface area contributed by atoms with E-state index in [-0.39, 0.29) is 6.10 Å². The molecule has 5 heteroatoms. The molecular weight excluding hydrogens is 308 g/mol. The molecule has 2 aliphatic rings. The van der Waals surface area contributed by atoms with Crippen molar-refractivity contribution in [3.8, 4) is 0 Å². The van der Waals surface area contributed by atoms with Crippen LogP contribution in [0.15, 0.2) is 0 Å². The van der Waals surface area contributed by atoms with E-state index in [1.54, 1.807) is 13.8 Å². The summed E-state index contributed by atoms with van der Waals surface area (Å²) in [5.74, 6) is -0.706. The molecule has 0 N–H and O–H groups in total. The van der Waals surface area contributed by atoms with Crippen molar-refractivity contribution in [2.75, 3.05) is 13.2 Å². The Bertz CT molecular complexity index is 357. The summed E-state index contributed by atoms with van der Waals surface area (Å²) in [5.41, 5.74) is 0. The molecule has 0 radical (unpaired) electrons. The molecular formula is C19H34O5. The monoisotopic (exact) mass is 342 g/mol. The molecule has 5 nitrogen and oxygen atoms in total. The van der Waals surface area contributed by atoms with Crippen LogP contribution in [-0.4, -0.2) is 37.4 Å². The van der Waals surface area contributed by atoms with Crippen LogP contribution in [0.5, 0.6) is 0 Å². The minimum Gasteiger partial charge on any atom is -0.432 e. The first-order chi connectivity index (χ1) is 11.6. The summed E-state index contributed by atoms with van der Waals surface area (Å²) in [7, 11) is 0. The van der Waals surface area contributed by atoms with E-state index in [9.17, 15) is 4.79 Å². The van der Waals surface area contributed by atoms with Gasteiger partial charge in [0, 0.05) is 13.0 Å². The second kappa shape index (κ2) is 10.2. The molecule has 0 amide bonds. The fourth-order valence-electron chi connectivity index (χ4n) is 3.21. The van der Waals surface area contributed by atoms with Gasteiger partial charge in [-0.25, -0.2) is 4.79 Å². The zero-order valence-corrected chi connectivity index (χ0v) is 15.4. The SMILES string of the molecule is CC(C)OC(=O)OC1(CCCCCCOC2CCCCCC2)CO1. The van der Waals surface area contributed by atoms with Crippen LogP contribution >= 0.6 is 0 Å². The predicted molar refractivity (Wildman–Crippen MR) is 91.9 cm³/mol. The van der Waals surface area contributed by atoms with Crippen molar-refractivity contribution in [2.24, 2.45) is 0 Å². The highest BCUT2D eigenvalue weighted by atomic mass is 16.9. The molecule has 2 fully saturated rings. The topological polar surface area (TPSA) is 57.3 Å². The molecule has 1 aliphatic heterocycles. The van der Waals surface area contributed by atoms with Crippen molar-refractivity contribution >= 4 is 6.16 Å². The number of carbonyl (C=O) groups is 1. The largest absolute Gasteiger partial charge is 0.511 e. The summed E-state index contributed by atoms with van der Waals surface area (Å²) in [4.78, 5) is 11.5. The molecule has 140 valence electrons. The summed E-state index contributed by atoms with van der Waals surface area (Å²) in [5, 5.41) is 0. The number of carbonyl (C=O) groups excluding carboxylic acids is 1. The van der Waals surface area contributed by atoms with Gasteiger partial charge in [-0.1, -0.05) is 38.5 Å². The molecule has 0 aromatic heterocycles. The Hall–Kier alpha value is -0.810. The van der Waals surface area contributed by atoms with Gasteiger partial charge in [0.05, 0.1) is 12.2 Å². The minimum absolute atomic E-state index is 0.165. The third kappa shape index (κ3) is 7.84. The molecule has 0 aromatic rings. The number of rotatable bonds is 10. The Balaban J connectivity index is 1.45. The Labute approximate surface area is 146 Å². The highest BCUT2D eigenvalue weighted by Crippen LogP contribution is 2.35. The van der Waals surface area contributed by atoms with E-state index < -0.39 is 11.9 Å². The second-order valence-corrected chi connectivity index (χ2v) is 7.37. The molecule has 1 saturated heterocycles. The zero-order chi connectivity index (χ0) is 17.3. The third-order valence-corrected chi connectivity index (χ3v) is 4.68. The lowest BCUT2D eigenvalue weighted by Crippen LogP contribution is -2.24. The maximum absolute atomic E-state index is 11.5. The standard InChI is InChI=1S/C19H34O5/c1-16(2)23-18(20)24-19(15-22-19)13-9-5-6-10-14-21-17-11-7-3-4-8-12-17/h16-17H,3-15H2,1-2H3. The van der Waals surface area contributed by atoms with Gasteiger partial charge < -0.3 is 18.9 Å². The predicted octanol–water partition coefficient (Wildman–Crippen LogP) is 4.96. The first-order valence-corrected chi connectivity index (χ1v) is 9.75. The van der Waals surface area contributed by atoms with Crippen molar-refractivity contribution in [3.05, 3.63) is 0 Å². The van der Waals surface area contributed by atoms with Gasteiger partial charge >= 0.3 is 6.16 Å². The van der Waals surface area contributed by atoms with E-state index >= 15 is 0 Å². The molecule has 1 unspecified atom stereocenters. The summed E-state index contributed by atoms with van der Waals surface area (Å²) in [6.07, 6.45) is 12.7. The van der Waals surface area contributed by atoms with Gasteiger partial charge in [0.2, 0.25) is 5.79 Å². The van der Waals surface area contributed by atoms with Crippen LogP contribution in [-0.2, 0) is 18.9 Å². The molecule has 0 aromatic carbocycles. The first-order valence-electron chi connectivity index (χ1n) is 9.75. The molecule has 0 spiro atoms. The second-order valence-electron chi connectivity index (χ2n) is 7.37. The van der Waals surface area contributed by atoms with Crippen molar-refractivity contribution in [3.63, 3.8) is 0 Å². The number of ether oxygens (including phenoxy) is 4. The summed E-state index contributed by atoms with van der Waals surface area (Å²) in [6.45, 7) is 4.98. The summed E-state index contributed by atoms with van der Waals surface area (Å²) < 4.78 is 21.6. The molecule has 1 saturated carbocycles. The van der Waals surface area contributed by atoms with Crippen molar-refractivity contribution in [1.82, 2.24) is 0 Å². The van der Waals surface area contributed by atoms with Crippen LogP contribution in [0, 0.1) is 0 Å². The smallest absolute Gasteiger partial charge is 0.432 e. The summed E-state index contributed by atoms with van der Waals surface area (Å²) in [6, 6.07) is 0. The van der Waals surface area contributed by atoms with Crippen molar-refractivity contribution in [2.45, 2.75) is 102 Å². The van der Waals surface area contributed by atoms with Gasteiger partial charge in [-0.2, -0.15) is 0 Å². The van der Waals surface area contributed by atoms with Crippen LogP contribution in [0.4, 0.5) is 4.79 Å². The minimum atomic E-state index is -0.706. The number of hydrogen-bond acceptors (Lipinski definition) is 5. The zero-order valence-electron chi connectivity index (χ0n) is 15.4. The van der Waals surface area contributed by atoms with Gasteiger partial charge in [-0.3, -0.25) is 0 Å². The average molecular weight is 342 g/mol. The molecule has 1 atom stereocenters. The quantitative estimate of drug-likeness (QED) is 0.243. The average Bonchev–Trinajstić information content (AvgIpc) is 3.30. The van der Waals surface area contributed by atoms with E-state index in [0.29, 0.717) is 12.7 Å². The van der Waals surface area contributed by atoms with Crippen LogP contribution in [0.1, 0.15) is 84.5 Å². The van der Waals surface area contributed by atoms with Crippen LogP contribution in [0.25, 0.3) is 0 Å². The number of unbranched alkanes of at least 4 members (excludes halogenated alkanes) is 3. The van der Waals surface area contributed by atoms with Gasteiger partial charge in [-0.05, 0) is 39.5 Å². The van der Waals surface area contributed by atoms with E-state index in [1.165, 1.54) is 38.5 Å². The lowest BCUT2D eigenvalue weighted by molar-refractivity contribution is -0.0486. The van der Waals surface area contributed by atoms with E-state index in [1.807, 2.05) is 0 Å². The Morgan fingerprint density at radius 1 is 1.08 bits per heavy atom. The molecule has 1 heterocycles. The van der Waals surface area contributed by atoms with Crippen LogP contribution in [0.3, 0.4) is 0 Å². The van der Waals surface area contributed by atoms with E-state index in [4.69, 9.17) is 18.9 Å². The van der Waals surface area contributed by atoms with Crippen LogP contribution < -0.4 is 0 Å². The molecule has 24 heavy (non-hydrogen) atoms.